The summed E-state index contributed by atoms with van der Waals surface area (Å²) in [5.74, 6) is 0. The van der Waals surface area contributed by atoms with E-state index in [1.54, 1.807) is 0 Å². The molecule has 0 spiro atoms. The van der Waals surface area contributed by atoms with Gasteiger partial charge in [-0.15, -0.1) is 0 Å². The first-order valence-electron chi connectivity index (χ1n) is 8.99. The number of rotatable bonds is 3. The Morgan fingerprint density at radius 3 is 2.32 bits per heavy atom. The lowest BCUT2D eigenvalue weighted by atomic mass is 9.80. The van der Waals surface area contributed by atoms with Crippen LogP contribution in [0.2, 0.25) is 0 Å². The minimum atomic E-state index is -0.402. The zero-order valence-electron chi connectivity index (χ0n) is 14.9. The lowest BCUT2D eigenvalue weighted by Gasteiger charge is -2.41. The van der Waals surface area contributed by atoms with E-state index in [2.05, 4.69) is 12.2 Å². The summed E-state index contributed by atoms with van der Waals surface area (Å²) < 4.78 is 5.47. The average molecular weight is 310 g/mol. The minimum absolute atomic E-state index is 0.158. The highest BCUT2D eigenvalue weighted by molar-refractivity contribution is 5.68. The third-order valence-electron chi connectivity index (χ3n) is 5.04. The highest BCUT2D eigenvalue weighted by Gasteiger charge is 2.33. The van der Waals surface area contributed by atoms with Gasteiger partial charge in [0.05, 0.1) is 0 Å². The maximum Gasteiger partial charge on any atom is 0.410 e. The molecule has 2 aliphatic rings. The molecule has 1 aliphatic heterocycles. The normalized spacial score (nSPS) is 23.4. The Morgan fingerprint density at radius 2 is 1.77 bits per heavy atom. The van der Waals surface area contributed by atoms with Crippen LogP contribution in [-0.2, 0) is 4.74 Å². The Labute approximate surface area is 136 Å². The van der Waals surface area contributed by atoms with Gasteiger partial charge in [-0.2, -0.15) is 0 Å². The van der Waals surface area contributed by atoms with Crippen molar-refractivity contribution in [2.75, 3.05) is 19.6 Å². The van der Waals surface area contributed by atoms with Crippen LogP contribution in [0, 0.1) is 5.41 Å². The fraction of sp³-hybridized carbons (Fsp3) is 0.944. The van der Waals surface area contributed by atoms with Crippen molar-refractivity contribution >= 4 is 6.09 Å². The molecule has 128 valence electrons. The number of carbonyl (C=O) groups excluding carboxylic acids is 1. The summed E-state index contributed by atoms with van der Waals surface area (Å²) in [4.78, 5) is 14.0. The first-order chi connectivity index (χ1) is 10.3. The molecule has 22 heavy (non-hydrogen) atoms. The molecule has 1 saturated heterocycles. The van der Waals surface area contributed by atoms with Crippen LogP contribution in [0.5, 0.6) is 0 Å². The molecule has 2 rings (SSSR count). The van der Waals surface area contributed by atoms with Gasteiger partial charge in [0, 0.05) is 25.7 Å². The topological polar surface area (TPSA) is 41.6 Å². The third-order valence-corrected chi connectivity index (χ3v) is 5.04. The quantitative estimate of drug-likeness (QED) is 0.858. The smallest absolute Gasteiger partial charge is 0.410 e. The fourth-order valence-electron chi connectivity index (χ4n) is 3.43. The monoisotopic (exact) mass is 310 g/mol. The zero-order chi connectivity index (χ0) is 16.2. The molecule has 0 radical (unpaired) electrons. The summed E-state index contributed by atoms with van der Waals surface area (Å²) in [5.41, 5.74) is -0.0870. The van der Waals surface area contributed by atoms with Crippen molar-refractivity contribution in [3.8, 4) is 0 Å². The SMILES string of the molecule is CC1(CNC2CCCCC2)CCN(C(=O)OC(C)(C)C)CC1. The molecule has 0 aromatic heterocycles. The summed E-state index contributed by atoms with van der Waals surface area (Å²) in [6, 6.07) is 0.717. The van der Waals surface area contributed by atoms with E-state index >= 15 is 0 Å². The van der Waals surface area contributed by atoms with Gasteiger partial charge in [0.1, 0.15) is 5.60 Å². The highest BCUT2D eigenvalue weighted by Crippen LogP contribution is 2.31. The van der Waals surface area contributed by atoms with E-state index in [9.17, 15) is 4.79 Å². The number of nitrogens with zero attached hydrogens (tertiary/aromatic N) is 1. The van der Waals surface area contributed by atoms with E-state index in [4.69, 9.17) is 4.74 Å². The molecule has 0 aromatic carbocycles. The molecule has 1 aliphatic carbocycles. The van der Waals surface area contributed by atoms with E-state index in [0.717, 1.165) is 38.5 Å². The summed E-state index contributed by atoms with van der Waals surface area (Å²) in [6.45, 7) is 10.8. The Kier molecular flexibility index (Phi) is 5.76. The zero-order valence-corrected chi connectivity index (χ0v) is 14.9. The van der Waals surface area contributed by atoms with Gasteiger partial charge in [0.2, 0.25) is 0 Å². The number of amides is 1. The van der Waals surface area contributed by atoms with Gasteiger partial charge in [-0.25, -0.2) is 4.79 Å². The number of hydrogen-bond acceptors (Lipinski definition) is 3. The predicted molar refractivity (Wildman–Crippen MR) is 90.0 cm³/mol. The van der Waals surface area contributed by atoms with Gasteiger partial charge in [-0.3, -0.25) is 0 Å². The summed E-state index contributed by atoms with van der Waals surface area (Å²) in [6.07, 6.45) is 8.79. The number of nitrogens with one attached hydrogen (secondary N) is 1. The van der Waals surface area contributed by atoms with E-state index in [1.165, 1.54) is 32.1 Å². The van der Waals surface area contributed by atoms with E-state index in [-0.39, 0.29) is 6.09 Å². The maximum absolute atomic E-state index is 12.1. The summed E-state index contributed by atoms with van der Waals surface area (Å²) in [5, 5.41) is 3.78. The number of carbonyl (C=O) groups is 1. The molecule has 1 amide bonds. The molecule has 0 bridgehead atoms. The minimum Gasteiger partial charge on any atom is -0.444 e. The molecule has 0 atom stereocenters. The van der Waals surface area contributed by atoms with Crippen molar-refractivity contribution in [2.24, 2.45) is 5.41 Å². The van der Waals surface area contributed by atoms with Crippen molar-refractivity contribution in [1.82, 2.24) is 10.2 Å². The van der Waals surface area contributed by atoms with Crippen LogP contribution in [-0.4, -0.2) is 42.3 Å². The maximum atomic E-state index is 12.1. The van der Waals surface area contributed by atoms with Gasteiger partial charge in [-0.1, -0.05) is 26.2 Å². The van der Waals surface area contributed by atoms with Gasteiger partial charge >= 0.3 is 6.09 Å². The second-order valence-corrected chi connectivity index (χ2v) is 8.49. The van der Waals surface area contributed by atoms with Gasteiger partial charge in [0.25, 0.3) is 0 Å². The van der Waals surface area contributed by atoms with Crippen molar-refractivity contribution in [3.05, 3.63) is 0 Å². The van der Waals surface area contributed by atoms with E-state index in [0.29, 0.717) is 5.41 Å². The second-order valence-electron chi connectivity index (χ2n) is 8.49. The Bertz CT molecular complexity index is 362. The van der Waals surface area contributed by atoms with Crippen LogP contribution in [0.1, 0.15) is 72.6 Å². The van der Waals surface area contributed by atoms with Crippen LogP contribution < -0.4 is 5.32 Å². The van der Waals surface area contributed by atoms with Gasteiger partial charge < -0.3 is 15.0 Å². The molecule has 0 unspecified atom stereocenters. The van der Waals surface area contributed by atoms with E-state index in [1.807, 2.05) is 25.7 Å². The second kappa shape index (κ2) is 7.20. The Hall–Kier alpha value is -0.770. The molecule has 1 heterocycles. The van der Waals surface area contributed by atoms with Crippen molar-refractivity contribution in [2.45, 2.75) is 84.3 Å². The van der Waals surface area contributed by atoms with Crippen LogP contribution in [0.3, 0.4) is 0 Å². The molecule has 0 aromatic rings. The van der Waals surface area contributed by atoms with E-state index < -0.39 is 5.60 Å². The van der Waals surface area contributed by atoms with Crippen LogP contribution >= 0.6 is 0 Å². The lowest BCUT2D eigenvalue weighted by molar-refractivity contribution is 0.0116. The molecular weight excluding hydrogens is 276 g/mol. The molecule has 1 N–H and O–H groups in total. The van der Waals surface area contributed by atoms with Crippen molar-refractivity contribution in [3.63, 3.8) is 0 Å². The number of hydrogen-bond donors (Lipinski definition) is 1. The van der Waals surface area contributed by atoms with Gasteiger partial charge in [-0.05, 0) is 51.9 Å². The highest BCUT2D eigenvalue weighted by atomic mass is 16.6. The largest absolute Gasteiger partial charge is 0.444 e. The number of piperidine rings is 1. The molecule has 1 saturated carbocycles. The summed E-state index contributed by atoms with van der Waals surface area (Å²) in [7, 11) is 0. The molecule has 4 nitrogen and oxygen atoms in total. The molecule has 2 fully saturated rings. The predicted octanol–water partition coefficient (Wildman–Crippen LogP) is 3.95. The van der Waals surface area contributed by atoms with Crippen LogP contribution in [0.4, 0.5) is 4.79 Å². The van der Waals surface area contributed by atoms with Crippen LogP contribution in [0.25, 0.3) is 0 Å². The lowest BCUT2D eigenvalue weighted by Crippen LogP contribution is -2.48. The first-order valence-corrected chi connectivity index (χ1v) is 8.99. The number of ether oxygens (including phenoxy) is 1. The average Bonchev–Trinajstić information content (AvgIpc) is 2.45. The first kappa shape index (κ1) is 17.6. The molecular formula is C18H34N2O2. The van der Waals surface area contributed by atoms with Crippen molar-refractivity contribution in [1.29, 1.82) is 0 Å². The number of likely N-dealkylation sites (tertiary alicyclic amines) is 1. The molecule has 4 heteroatoms. The van der Waals surface area contributed by atoms with Gasteiger partial charge in [0.15, 0.2) is 0 Å². The third kappa shape index (κ3) is 5.45. The summed E-state index contributed by atoms with van der Waals surface area (Å²) >= 11 is 0. The Balaban J connectivity index is 1.74. The van der Waals surface area contributed by atoms with Crippen LogP contribution in [0.15, 0.2) is 0 Å². The fourth-order valence-corrected chi connectivity index (χ4v) is 3.43. The Morgan fingerprint density at radius 1 is 1.18 bits per heavy atom. The standard InChI is InChI=1S/C18H34N2O2/c1-17(2,3)22-16(21)20-12-10-18(4,11-13-20)14-19-15-8-6-5-7-9-15/h15,19H,5-14H2,1-4H3. The van der Waals surface area contributed by atoms with Crippen molar-refractivity contribution < 1.29 is 9.53 Å².